The smallest absolute Gasteiger partial charge is 0.325 e. The van der Waals surface area contributed by atoms with Crippen molar-refractivity contribution in [3.8, 4) is 0 Å². The lowest BCUT2D eigenvalue weighted by Gasteiger charge is -2.32. The van der Waals surface area contributed by atoms with Crippen molar-refractivity contribution in [2.45, 2.75) is 12.5 Å². The normalized spacial score (nSPS) is 11.5. The molecule has 1 aromatic carbocycles. The lowest BCUT2D eigenvalue weighted by atomic mass is 10.2. The minimum atomic E-state index is -1.13. The zero-order chi connectivity index (χ0) is 19.5. The Hall–Kier alpha value is -2.26. The molecule has 1 atom stereocenters. The summed E-state index contributed by atoms with van der Waals surface area (Å²) in [6.07, 6.45) is 2.43. The van der Waals surface area contributed by atoms with Gasteiger partial charge in [-0.3, -0.25) is 24.7 Å². The molecule has 0 aliphatic carbocycles. The molecule has 9 heteroatoms. The van der Waals surface area contributed by atoms with Gasteiger partial charge in [0, 0.05) is 7.05 Å². The summed E-state index contributed by atoms with van der Waals surface area (Å²) in [4.78, 5) is 35.6. The van der Waals surface area contributed by atoms with Crippen LogP contribution < -0.4 is 10.3 Å². The monoisotopic (exact) mass is 383 g/mol. The van der Waals surface area contributed by atoms with Gasteiger partial charge in [-0.25, -0.2) is 5.01 Å². The number of methoxy groups -OCH3 is 1. The van der Waals surface area contributed by atoms with Crippen molar-refractivity contribution in [1.82, 2.24) is 10.3 Å². The first-order valence-corrected chi connectivity index (χ1v) is 9.41. The number of carboxylic acids is 1. The highest BCUT2D eigenvalue weighted by Crippen LogP contribution is 2.14. The summed E-state index contributed by atoms with van der Waals surface area (Å²) in [5, 5.41) is 14.6. The third kappa shape index (κ3) is 6.93. The van der Waals surface area contributed by atoms with Gasteiger partial charge in [0.05, 0.1) is 19.3 Å². The van der Waals surface area contributed by atoms with Gasteiger partial charge in [0.15, 0.2) is 0 Å². The maximum atomic E-state index is 12.6. The minimum absolute atomic E-state index is 0.182. The van der Waals surface area contributed by atoms with Crippen LogP contribution in [-0.2, 0) is 19.1 Å². The third-order valence-corrected chi connectivity index (χ3v) is 4.30. The Morgan fingerprint density at radius 2 is 1.92 bits per heavy atom. The van der Waals surface area contributed by atoms with Crippen molar-refractivity contribution in [2.24, 2.45) is 0 Å². The number of hydrazine groups is 1. The highest BCUT2D eigenvalue weighted by molar-refractivity contribution is 7.98. The number of carboxylic acid groups (broad SMARTS) is 1. The molecule has 1 amide bonds. The molecule has 0 spiro atoms. The number of anilines is 1. The molecule has 1 rings (SSSR count). The second-order valence-electron chi connectivity index (χ2n) is 5.44. The van der Waals surface area contributed by atoms with E-state index in [1.54, 1.807) is 43.1 Å². The number of carbonyl (C=O) groups is 3. The van der Waals surface area contributed by atoms with E-state index in [2.05, 4.69) is 5.32 Å². The summed E-state index contributed by atoms with van der Waals surface area (Å²) in [5.41, 5.74) is 0.675. The lowest BCUT2D eigenvalue weighted by Crippen LogP contribution is -2.52. The molecule has 0 saturated heterocycles. The number of thioether (sulfide) groups is 1. The number of hydrogen-bond donors (Lipinski definition) is 2. The Morgan fingerprint density at radius 3 is 2.46 bits per heavy atom. The first-order chi connectivity index (χ1) is 12.4. The zero-order valence-corrected chi connectivity index (χ0v) is 16.0. The second kappa shape index (κ2) is 11.4. The van der Waals surface area contributed by atoms with Crippen LogP contribution in [0.3, 0.4) is 0 Å². The van der Waals surface area contributed by atoms with Gasteiger partial charge in [-0.05, 0) is 30.6 Å². The van der Waals surface area contributed by atoms with E-state index in [0.717, 1.165) is 10.8 Å². The van der Waals surface area contributed by atoms with Crippen LogP contribution in [0, 0.1) is 0 Å². The van der Waals surface area contributed by atoms with Crippen LogP contribution in [0.5, 0.6) is 0 Å². The molecule has 0 bridgehead atoms. The number of carbonyl (C=O) groups excluding carboxylic acids is 2. The number of nitrogens with zero attached hydrogens (tertiary/aromatic N) is 2. The van der Waals surface area contributed by atoms with Gasteiger partial charge in [0.2, 0.25) is 0 Å². The zero-order valence-electron chi connectivity index (χ0n) is 15.2. The van der Waals surface area contributed by atoms with E-state index < -0.39 is 30.4 Å². The van der Waals surface area contributed by atoms with E-state index in [4.69, 9.17) is 9.84 Å². The average molecular weight is 383 g/mol. The molecule has 0 fully saturated rings. The highest BCUT2D eigenvalue weighted by Gasteiger charge is 2.24. The molecule has 0 aliphatic heterocycles. The van der Waals surface area contributed by atoms with E-state index in [1.165, 1.54) is 12.1 Å². The molecule has 0 aliphatic rings. The molecule has 0 radical (unpaired) electrons. The molecule has 0 unspecified atom stereocenters. The summed E-state index contributed by atoms with van der Waals surface area (Å²) in [6, 6.07) is 8.34. The lowest BCUT2D eigenvalue weighted by molar-refractivity contribution is -0.146. The van der Waals surface area contributed by atoms with Crippen LogP contribution in [0.15, 0.2) is 30.3 Å². The number of esters is 1. The van der Waals surface area contributed by atoms with Crippen LogP contribution in [0.25, 0.3) is 0 Å². The number of aliphatic carboxylic acids is 1. The van der Waals surface area contributed by atoms with Crippen LogP contribution in [0.4, 0.5) is 5.69 Å². The number of ether oxygens (including phenoxy) is 1. The Bertz CT molecular complexity index is 599. The summed E-state index contributed by atoms with van der Waals surface area (Å²) >= 11 is 1.58. The summed E-state index contributed by atoms with van der Waals surface area (Å²) in [7, 11) is 2.90. The minimum Gasteiger partial charge on any atom is -0.480 e. The van der Waals surface area contributed by atoms with E-state index in [9.17, 15) is 14.4 Å². The van der Waals surface area contributed by atoms with Crippen molar-refractivity contribution in [1.29, 1.82) is 0 Å². The average Bonchev–Trinajstić information content (AvgIpc) is 2.65. The van der Waals surface area contributed by atoms with Crippen LogP contribution in [-0.4, -0.2) is 73.3 Å². The number of rotatable bonds is 11. The fourth-order valence-electron chi connectivity index (χ4n) is 2.26. The number of hydrogen-bond acceptors (Lipinski definition) is 7. The molecule has 144 valence electrons. The first-order valence-electron chi connectivity index (χ1n) is 8.01. The Balaban J connectivity index is 2.81. The highest BCUT2D eigenvalue weighted by atomic mass is 32.2. The largest absolute Gasteiger partial charge is 0.480 e. The number of amides is 1. The predicted octanol–water partition coefficient (Wildman–Crippen LogP) is 0.835. The molecule has 2 N–H and O–H groups in total. The molecule has 1 aromatic rings. The molecular weight excluding hydrogens is 358 g/mol. The van der Waals surface area contributed by atoms with Gasteiger partial charge in [-0.2, -0.15) is 11.8 Å². The first kappa shape index (κ1) is 21.8. The number of para-hydroxylation sites is 1. The maximum Gasteiger partial charge on any atom is 0.325 e. The number of benzene rings is 1. The van der Waals surface area contributed by atoms with Crippen molar-refractivity contribution in [3.63, 3.8) is 0 Å². The SMILES string of the molecule is COC(=O)[C@H](CCSC)NCC(=O)N(CC(=O)O)N(C)c1ccccc1. The van der Waals surface area contributed by atoms with E-state index in [1.807, 2.05) is 12.3 Å². The van der Waals surface area contributed by atoms with Crippen LogP contribution >= 0.6 is 11.8 Å². The van der Waals surface area contributed by atoms with Crippen LogP contribution in [0.1, 0.15) is 6.42 Å². The van der Waals surface area contributed by atoms with Gasteiger partial charge >= 0.3 is 11.9 Å². The Morgan fingerprint density at radius 1 is 1.27 bits per heavy atom. The van der Waals surface area contributed by atoms with Crippen molar-refractivity contribution in [2.75, 3.05) is 44.3 Å². The van der Waals surface area contributed by atoms with E-state index in [-0.39, 0.29) is 6.54 Å². The molecular formula is C17H25N3O5S. The summed E-state index contributed by atoms with van der Waals surface area (Å²) in [5.74, 6) is -1.32. The van der Waals surface area contributed by atoms with Gasteiger partial charge in [-0.1, -0.05) is 18.2 Å². The van der Waals surface area contributed by atoms with E-state index in [0.29, 0.717) is 12.1 Å². The van der Waals surface area contributed by atoms with Crippen LogP contribution in [0.2, 0.25) is 0 Å². The topological polar surface area (TPSA) is 99.2 Å². The molecule has 0 aromatic heterocycles. The molecule has 8 nitrogen and oxygen atoms in total. The fourth-order valence-corrected chi connectivity index (χ4v) is 2.73. The molecule has 26 heavy (non-hydrogen) atoms. The Labute approximate surface area is 157 Å². The fraction of sp³-hybridized carbons (Fsp3) is 0.471. The molecule has 0 heterocycles. The third-order valence-electron chi connectivity index (χ3n) is 3.66. The second-order valence-corrected chi connectivity index (χ2v) is 6.43. The predicted molar refractivity (Wildman–Crippen MR) is 101 cm³/mol. The standard InChI is InChI=1S/C17H25N3O5S/c1-19(13-7-5-4-6-8-13)20(12-16(22)23)15(21)11-18-14(9-10-26-3)17(24)25-2/h4-8,14,18H,9-12H2,1-3H3,(H,22,23)/t14-/m0/s1. The van der Waals surface area contributed by atoms with Crippen molar-refractivity contribution >= 4 is 35.3 Å². The van der Waals surface area contributed by atoms with Crippen molar-refractivity contribution in [3.05, 3.63) is 30.3 Å². The summed E-state index contributed by atoms with van der Waals surface area (Å²) < 4.78 is 4.74. The summed E-state index contributed by atoms with van der Waals surface area (Å²) in [6.45, 7) is -0.668. The Kier molecular flexibility index (Phi) is 9.53. The van der Waals surface area contributed by atoms with Gasteiger partial charge in [0.1, 0.15) is 12.6 Å². The van der Waals surface area contributed by atoms with E-state index >= 15 is 0 Å². The molecule has 0 saturated carbocycles. The maximum absolute atomic E-state index is 12.6. The van der Waals surface area contributed by atoms with Gasteiger partial charge < -0.3 is 9.84 Å². The quantitative estimate of drug-likeness (QED) is 0.428. The van der Waals surface area contributed by atoms with Crippen molar-refractivity contribution < 1.29 is 24.2 Å². The number of nitrogens with one attached hydrogen (secondary N) is 1. The van der Waals surface area contributed by atoms with Gasteiger partial charge in [-0.15, -0.1) is 0 Å². The van der Waals surface area contributed by atoms with Gasteiger partial charge in [0.25, 0.3) is 5.91 Å².